The molecular formula is C21H35NO3. The Labute approximate surface area is 153 Å². The van der Waals surface area contributed by atoms with Crippen LogP contribution in [0.1, 0.15) is 53.9 Å². The summed E-state index contributed by atoms with van der Waals surface area (Å²) in [4.78, 5) is 4.72. The van der Waals surface area contributed by atoms with Gasteiger partial charge in [-0.05, 0) is 51.7 Å². The normalized spacial score (nSPS) is 22.5. The Balaban J connectivity index is 2.69. The molecule has 4 heteroatoms. The maximum absolute atomic E-state index is 9.77. The third-order valence-electron chi connectivity index (χ3n) is 4.72. The molecule has 0 aromatic heterocycles. The van der Waals surface area contributed by atoms with E-state index < -0.39 is 5.60 Å². The lowest BCUT2D eigenvalue weighted by atomic mass is 9.77. The number of nitrogens with zero attached hydrogens (tertiary/aromatic N) is 1. The number of hydrogen-bond donors (Lipinski definition) is 2. The first-order chi connectivity index (χ1) is 11.7. The Bertz CT molecular complexity index is 526. The number of ether oxygens (including phenoxy) is 1. The van der Waals surface area contributed by atoms with Crippen LogP contribution in [0.25, 0.3) is 0 Å². The van der Waals surface area contributed by atoms with Gasteiger partial charge >= 0.3 is 0 Å². The van der Waals surface area contributed by atoms with Crippen LogP contribution >= 0.6 is 0 Å². The fourth-order valence-electron chi connectivity index (χ4n) is 3.27. The second-order valence-electron chi connectivity index (χ2n) is 7.66. The van der Waals surface area contributed by atoms with Gasteiger partial charge in [-0.3, -0.25) is 0 Å². The number of dihydropyridines is 1. The van der Waals surface area contributed by atoms with Crippen molar-refractivity contribution in [1.82, 2.24) is 0 Å². The van der Waals surface area contributed by atoms with Crippen LogP contribution in [0, 0.1) is 11.8 Å². The van der Waals surface area contributed by atoms with Crippen molar-refractivity contribution < 1.29 is 14.9 Å². The molecule has 0 spiro atoms. The summed E-state index contributed by atoms with van der Waals surface area (Å²) in [5.74, 6) is 1.55. The van der Waals surface area contributed by atoms with Gasteiger partial charge in [-0.1, -0.05) is 37.6 Å². The minimum absolute atomic E-state index is 0.00168. The van der Waals surface area contributed by atoms with Crippen molar-refractivity contribution in [3.8, 4) is 0 Å². The van der Waals surface area contributed by atoms with Gasteiger partial charge in [0.1, 0.15) is 0 Å². The number of allylic oxidation sites excluding steroid dienone is 1. The van der Waals surface area contributed by atoms with Crippen LogP contribution in [0.2, 0.25) is 0 Å². The van der Waals surface area contributed by atoms with Crippen molar-refractivity contribution in [2.75, 3.05) is 13.2 Å². The summed E-state index contributed by atoms with van der Waals surface area (Å²) in [6.07, 6.45) is 8.64. The second kappa shape index (κ2) is 9.93. The van der Waals surface area contributed by atoms with Crippen LogP contribution in [-0.4, -0.2) is 41.0 Å². The monoisotopic (exact) mass is 349 g/mol. The molecule has 0 aromatic carbocycles. The smallest absolute Gasteiger partial charge is 0.208 e. The fourth-order valence-corrected chi connectivity index (χ4v) is 3.27. The first-order valence-electron chi connectivity index (χ1n) is 9.24. The molecule has 0 saturated carbocycles. The Hall–Kier alpha value is -1.39. The van der Waals surface area contributed by atoms with Crippen LogP contribution in [0.4, 0.5) is 0 Å². The summed E-state index contributed by atoms with van der Waals surface area (Å²) in [5.41, 5.74) is 1.31. The van der Waals surface area contributed by atoms with E-state index in [0.717, 1.165) is 18.4 Å². The van der Waals surface area contributed by atoms with Crippen LogP contribution in [0.5, 0.6) is 0 Å². The average Bonchev–Trinajstić information content (AvgIpc) is 2.51. The molecular weight excluding hydrogens is 314 g/mol. The molecule has 4 nitrogen and oxygen atoms in total. The molecule has 3 unspecified atom stereocenters. The van der Waals surface area contributed by atoms with Gasteiger partial charge in [-0.15, -0.1) is 0 Å². The molecule has 0 saturated heterocycles. The van der Waals surface area contributed by atoms with Gasteiger partial charge in [0.15, 0.2) is 0 Å². The van der Waals surface area contributed by atoms with Crippen LogP contribution in [0.15, 0.2) is 40.9 Å². The largest absolute Gasteiger partial charge is 0.478 e. The van der Waals surface area contributed by atoms with Crippen LogP contribution < -0.4 is 0 Å². The van der Waals surface area contributed by atoms with E-state index in [9.17, 15) is 5.11 Å². The summed E-state index contributed by atoms with van der Waals surface area (Å²) in [6.45, 7) is 14.3. The molecule has 1 aliphatic rings. The molecule has 0 aromatic rings. The van der Waals surface area contributed by atoms with Gasteiger partial charge in [-0.25, -0.2) is 4.99 Å². The second-order valence-corrected chi connectivity index (χ2v) is 7.66. The zero-order valence-electron chi connectivity index (χ0n) is 16.5. The highest BCUT2D eigenvalue weighted by Gasteiger charge is 2.29. The van der Waals surface area contributed by atoms with E-state index in [0.29, 0.717) is 30.8 Å². The molecule has 0 aliphatic carbocycles. The highest BCUT2D eigenvalue weighted by Crippen LogP contribution is 2.34. The molecule has 142 valence electrons. The zero-order valence-corrected chi connectivity index (χ0v) is 16.5. The summed E-state index contributed by atoms with van der Waals surface area (Å²) in [7, 11) is 0. The van der Waals surface area contributed by atoms with Crippen molar-refractivity contribution >= 4 is 5.90 Å². The minimum atomic E-state index is -0.722. The van der Waals surface area contributed by atoms with Gasteiger partial charge in [0.25, 0.3) is 0 Å². The first kappa shape index (κ1) is 21.7. The Morgan fingerprint density at radius 3 is 2.68 bits per heavy atom. The summed E-state index contributed by atoms with van der Waals surface area (Å²) in [5, 5.41) is 18.8. The van der Waals surface area contributed by atoms with Crippen molar-refractivity contribution in [3.63, 3.8) is 0 Å². The molecule has 0 amide bonds. The third kappa shape index (κ3) is 7.57. The van der Waals surface area contributed by atoms with Gasteiger partial charge < -0.3 is 14.9 Å². The first-order valence-corrected chi connectivity index (χ1v) is 9.24. The molecule has 3 atom stereocenters. The summed E-state index contributed by atoms with van der Waals surface area (Å²) < 4.78 is 5.75. The molecule has 1 rings (SSSR count). The summed E-state index contributed by atoms with van der Waals surface area (Å²) >= 11 is 0. The van der Waals surface area contributed by atoms with E-state index in [1.54, 1.807) is 13.8 Å². The van der Waals surface area contributed by atoms with E-state index in [1.165, 1.54) is 5.57 Å². The van der Waals surface area contributed by atoms with Crippen molar-refractivity contribution in [1.29, 1.82) is 0 Å². The van der Waals surface area contributed by atoms with E-state index in [-0.39, 0.29) is 12.6 Å². The third-order valence-corrected chi connectivity index (χ3v) is 4.72. The highest BCUT2D eigenvalue weighted by molar-refractivity contribution is 5.89. The predicted molar refractivity (Wildman–Crippen MR) is 105 cm³/mol. The Morgan fingerprint density at radius 1 is 1.48 bits per heavy atom. The van der Waals surface area contributed by atoms with E-state index in [1.807, 2.05) is 12.2 Å². The zero-order chi connectivity index (χ0) is 19.0. The number of rotatable bonds is 9. The summed E-state index contributed by atoms with van der Waals surface area (Å²) in [6, 6.07) is 0.168. The molecule has 0 bridgehead atoms. The van der Waals surface area contributed by atoms with E-state index in [2.05, 4.69) is 33.4 Å². The van der Waals surface area contributed by atoms with Crippen LogP contribution in [0.3, 0.4) is 0 Å². The van der Waals surface area contributed by atoms with Gasteiger partial charge in [0.05, 0.1) is 24.9 Å². The lowest BCUT2D eigenvalue weighted by Crippen LogP contribution is -2.30. The molecule has 0 fully saturated rings. The van der Waals surface area contributed by atoms with E-state index in [4.69, 9.17) is 14.8 Å². The average molecular weight is 350 g/mol. The number of aliphatic hydroxyl groups excluding tert-OH is 1. The van der Waals surface area contributed by atoms with Crippen molar-refractivity contribution in [3.05, 3.63) is 36.0 Å². The number of aliphatic imine (C=N–C) groups is 1. The van der Waals surface area contributed by atoms with E-state index >= 15 is 0 Å². The van der Waals surface area contributed by atoms with Gasteiger partial charge in [0, 0.05) is 12.3 Å². The standard InChI is InChI=1S/C21H35NO3/c1-7-18(10-8-9-15(2)14-23)20-16(3)13-19(22-17(20)4)25-12-11-21(5,6)24/h8-9,13,17-18,20,23-24H,2,7,10-12,14H2,1,3-6H3/b9-8-. The lowest BCUT2D eigenvalue weighted by molar-refractivity contribution is 0.0535. The maximum Gasteiger partial charge on any atom is 0.208 e. The number of aliphatic hydroxyl groups is 2. The van der Waals surface area contributed by atoms with Gasteiger partial charge in [-0.2, -0.15) is 0 Å². The molecule has 2 N–H and O–H groups in total. The number of hydrogen-bond acceptors (Lipinski definition) is 4. The molecule has 25 heavy (non-hydrogen) atoms. The minimum Gasteiger partial charge on any atom is -0.478 e. The van der Waals surface area contributed by atoms with Crippen LogP contribution in [-0.2, 0) is 4.74 Å². The lowest BCUT2D eigenvalue weighted by Gasteiger charge is -2.33. The Kier molecular flexibility index (Phi) is 8.60. The molecule has 0 radical (unpaired) electrons. The van der Waals surface area contributed by atoms with Crippen molar-refractivity contribution in [2.45, 2.75) is 65.5 Å². The topological polar surface area (TPSA) is 62.0 Å². The SMILES string of the molecule is C=C(/C=C\CC(CC)C1C(C)=CC(OCCC(C)(C)O)=NC1C)CO. The maximum atomic E-state index is 9.77. The predicted octanol–water partition coefficient (Wildman–Crippen LogP) is 4.05. The molecule has 1 aliphatic heterocycles. The van der Waals surface area contributed by atoms with Gasteiger partial charge in [0.2, 0.25) is 5.90 Å². The Morgan fingerprint density at radius 2 is 2.16 bits per heavy atom. The highest BCUT2D eigenvalue weighted by atomic mass is 16.5. The van der Waals surface area contributed by atoms with Crippen molar-refractivity contribution in [2.24, 2.45) is 16.8 Å². The quantitative estimate of drug-likeness (QED) is 0.617. The fraction of sp³-hybridized carbons (Fsp3) is 0.667. The molecule has 1 heterocycles.